The van der Waals surface area contributed by atoms with E-state index < -0.39 is 5.97 Å². The van der Waals surface area contributed by atoms with Gasteiger partial charge in [-0.3, -0.25) is 4.79 Å². The highest BCUT2D eigenvalue weighted by Crippen LogP contribution is 2.29. The summed E-state index contributed by atoms with van der Waals surface area (Å²) in [5.74, 6) is 0.518. The van der Waals surface area contributed by atoms with Crippen molar-refractivity contribution in [3.8, 4) is 11.5 Å². The molecule has 0 radical (unpaired) electrons. The molecule has 0 unspecified atom stereocenters. The number of esters is 1. The summed E-state index contributed by atoms with van der Waals surface area (Å²) in [6.07, 6.45) is 0. The molecule has 0 bridgehead atoms. The minimum absolute atomic E-state index is 0.0631. The Morgan fingerprint density at radius 1 is 0.962 bits per heavy atom. The molecule has 2 N–H and O–H groups in total. The van der Waals surface area contributed by atoms with Crippen LogP contribution in [0.5, 0.6) is 11.5 Å². The first-order chi connectivity index (χ1) is 12.5. The van der Waals surface area contributed by atoms with Crippen LogP contribution in [0.15, 0.2) is 36.4 Å². The summed E-state index contributed by atoms with van der Waals surface area (Å²) in [7, 11) is 4.42. The van der Waals surface area contributed by atoms with Crippen LogP contribution in [0, 0.1) is 6.92 Å². The van der Waals surface area contributed by atoms with E-state index in [1.165, 1.54) is 14.2 Å². The Labute approximate surface area is 152 Å². The highest BCUT2D eigenvalue weighted by atomic mass is 16.5. The van der Waals surface area contributed by atoms with E-state index in [9.17, 15) is 9.59 Å². The van der Waals surface area contributed by atoms with Crippen molar-refractivity contribution in [3.05, 3.63) is 47.5 Å². The zero-order valence-electron chi connectivity index (χ0n) is 15.2. The lowest BCUT2D eigenvalue weighted by molar-refractivity contribution is -0.114. The summed E-state index contributed by atoms with van der Waals surface area (Å²) in [6.45, 7) is 1.91. The van der Waals surface area contributed by atoms with Gasteiger partial charge in [0.25, 0.3) is 0 Å². The maximum absolute atomic E-state index is 12.2. The van der Waals surface area contributed by atoms with Crippen molar-refractivity contribution in [3.63, 3.8) is 0 Å². The standard InChI is InChI=1S/C19H22N2O5/c1-12-9-13(19(23)26-4)5-7-15(12)20-11-18(22)21-16-8-6-14(24-2)10-17(16)25-3/h5-10,20H,11H2,1-4H3,(H,21,22). The van der Waals surface area contributed by atoms with Crippen molar-refractivity contribution in [1.29, 1.82) is 0 Å². The molecule has 2 aromatic rings. The quantitative estimate of drug-likeness (QED) is 0.740. The van der Waals surface area contributed by atoms with Gasteiger partial charge in [-0.25, -0.2) is 4.79 Å². The third kappa shape index (κ3) is 4.66. The van der Waals surface area contributed by atoms with Gasteiger partial charge in [0.1, 0.15) is 11.5 Å². The van der Waals surface area contributed by atoms with Crippen LogP contribution in [0.4, 0.5) is 11.4 Å². The van der Waals surface area contributed by atoms with Gasteiger partial charge in [-0.2, -0.15) is 0 Å². The zero-order chi connectivity index (χ0) is 19.1. The summed E-state index contributed by atoms with van der Waals surface area (Å²) in [4.78, 5) is 23.7. The van der Waals surface area contributed by atoms with E-state index in [-0.39, 0.29) is 12.5 Å². The second-order valence-corrected chi connectivity index (χ2v) is 5.49. The highest BCUT2D eigenvalue weighted by molar-refractivity contribution is 5.95. The van der Waals surface area contributed by atoms with E-state index in [2.05, 4.69) is 15.4 Å². The van der Waals surface area contributed by atoms with Gasteiger partial charge in [0.05, 0.1) is 39.1 Å². The van der Waals surface area contributed by atoms with Crippen molar-refractivity contribution in [2.45, 2.75) is 6.92 Å². The highest BCUT2D eigenvalue weighted by Gasteiger charge is 2.11. The SMILES string of the molecule is COC(=O)c1ccc(NCC(=O)Nc2ccc(OC)cc2OC)c(C)c1. The topological polar surface area (TPSA) is 85.9 Å². The van der Waals surface area contributed by atoms with E-state index >= 15 is 0 Å². The lowest BCUT2D eigenvalue weighted by Gasteiger charge is -2.13. The molecule has 0 saturated carbocycles. The van der Waals surface area contributed by atoms with E-state index in [1.807, 2.05) is 6.92 Å². The van der Waals surface area contributed by atoms with E-state index in [1.54, 1.807) is 43.5 Å². The second kappa shape index (κ2) is 8.75. The summed E-state index contributed by atoms with van der Waals surface area (Å²) in [5, 5.41) is 5.83. The maximum Gasteiger partial charge on any atom is 0.337 e. The Kier molecular flexibility index (Phi) is 6.43. The maximum atomic E-state index is 12.2. The molecular weight excluding hydrogens is 336 g/mol. The molecule has 138 valence electrons. The number of carbonyl (C=O) groups is 2. The molecule has 0 atom stereocenters. The predicted octanol–water partition coefficient (Wildman–Crippen LogP) is 2.85. The van der Waals surface area contributed by atoms with Gasteiger partial charge < -0.3 is 24.8 Å². The van der Waals surface area contributed by atoms with Gasteiger partial charge in [0, 0.05) is 11.8 Å². The first-order valence-corrected chi connectivity index (χ1v) is 7.93. The molecule has 7 nitrogen and oxygen atoms in total. The molecule has 0 aromatic heterocycles. The fraction of sp³-hybridized carbons (Fsp3) is 0.263. The Morgan fingerprint density at radius 3 is 2.31 bits per heavy atom. The van der Waals surface area contributed by atoms with Gasteiger partial charge in [0.15, 0.2) is 0 Å². The zero-order valence-corrected chi connectivity index (χ0v) is 15.2. The lowest BCUT2D eigenvalue weighted by Crippen LogP contribution is -2.22. The molecular formula is C19H22N2O5. The molecule has 0 aliphatic rings. The van der Waals surface area contributed by atoms with Crippen LogP contribution in [0.2, 0.25) is 0 Å². The summed E-state index contributed by atoms with van der Waals surface area (Å²) >= 11 is 0. The fourth-order valence-corrected chi connectivity index (χ4v) is 2.38. The summed E-state index contributed by atoms with van der Waals surface area (Å²) < 4.78 is 15.1. The van der Waals surface area contributed by atoms with Crippen LogP contribution in [-0.4, -0.2) is 39.8 Å². The van der Waals surface area contributed by atoms with Crippen LogP contribution in [0.3, 0.4) is 0 Å². The third-order valence-electron chi connectivity index (χ3n) is 3.77. The summed E-state index contributed by atoms with van der Waals surface area (Å²) in [5.41, 5.74) is 2.61. The largest absolute Gasteiger partial charge is 0.497 e. The average molecular weight is 358 g/mol. The first-order valence-electron chi connectivity index (χ1n) is 7.93. The third-order valence-corrected chi connectivity index (χ3v) is 3.77. The number of anilines is 2. The lowest BCUT2D eigenvalue weighted by atomic mass is 10.1. The predicted molar refractivity (Wildman–Crippen MR) is 99.2 cm³/mol. The Morgan fingerprint density at radius 2 is 1.69 bits per heavy atom. The molecule has 0 fully saturated rings. The number of benzene rings is 2. The molecule has 0 aliphatic heterocycles. The first kappa shape index (κ1) is 19.1. The van der Waals surface area contributed by atoms with E-state index in [0.29, 0.717) is 22.7 Å². The van der Waals surface area contributed by atoms with Crippen molar-refractivity contribution in [2.75, 3.05) is 38.5 Å². The Hall–Kier alpha value is -3.22. The smallest absolute Gasteiger partial charge is 0.337 e. The molecule has 2 rings (SSSR count). The normalized spacial score (nSPS) is 10.0. The minimum Gasteiger partial charge on any atom is -0.497 e. The molecule has 7 heteroatoms. The van der Waals surface area contributed by atoms with Gasteiger partial charge in [-0.1, -0.05) is 0 Å². The molecule has 2 aromatic carbocycles. The second-order valence-electron chi connectivity index (χ2n) is 5.49. The van der Waals surface area contributed by atoms with Gasteiger partial charge in [0.2, 0.25) is 5.91 Å². The Bertz CT molecular complexity index is 805. The van der Waals surface area contributed by atoms with Gasteiger partial charge in [-0.15, -0.1) is 0 Å². The number of carbonyl (C=O) groups excluding carboxylic acids is 2. The fourth-order valence-electron chi connectivity index (χ4n) is 2.38. The van der Waals surface area contributed by atoms with Crippen LogP contribution in [0.25, 0.3) is 0 Å². The molecule has 0 aliphatic carbocycles. The summed E-state index contributed by atoms with van der Waals surface area (Å²) in [6, 6.07) is 10.2. The van der Waals surface area contributed by atoms with Gasteiger partial charge >= 0.3 is 5.97 Å². The number of amides is 1. The molecule has 0 spiro atoms. The van der Waals surface area contributed by atoms with E-state index in [4.69, 9.17) is 9.47 Å². The number of hydrogen-bond acceptors (Lipinski definition) is 6. The molecule has 1 amide bonds. The number of methoxy groups -OCH3 is 3. The number of aryl methyl sites for hydroxylation is 1. The minimum atomic E-state index is -0.399. The van der Waals surface area contributed by atoms with Crippen molar-refractivity contribution < 1.29 is 23.8 Å². The molecule has 26 heavy (non-hydrogen) atoms. The van der Waals surface area contributed by atoms with Crippen LogP contribution >= 0.6 is 0 Å². The molecule has 0 saturated heterocycles. The van der Waals surface area contributed by atoms with Crippen molar-refractivity contribution >= 4 is 23.3 Å². The Balaban J connectivity index is 2.00. The van der Waals surface area contributed by atoms with E-state index in [0.717, 1.165) is 11.3 Å². The van der Waals surface area contributed by atoms with Crippen molar-refractivity contribution in [2.24, 2.45) is 0 Å². The number of rotatable bonds is 7. The van der Waals surface area contributed by atoms with Crippen LogP contribution in [-0.2, 0) is 9.53 Å². The van der Waals surface area contributed by atoms with Crippen LogP contribution < -0.4 is 20.1 Å². The average Bonchev–Trinajstić information content (AvgIpc) is 2.66. The van der Waals surface area contributed by atoms with Gasteiger partial charge in [-0.05, 0) is 42.8 Å². The number of hydrogen-bond donors (Lipinski definition) is 2. The molecule has 0 heterocycles. The monoisotopic (exact) mass is 358 g/mol. The number of nitrogens with one attached hydrogen (secondary N) is 2. The van der Waals surface area contributed by atoms with Crippen LogP contribution in [0.1, 0.15) is 15.9 Å². The van der Waals surface area contributed by atoms with Crippen molar-refractivity contribution in [1.82, 2.24) is 0 Å². The number of ether oxygens (including phenoxy) is 3.